The van der Waals surface area contributed by atoms with E-state index in [0.29, 0.717) is 50.0 Å². The van der Waals surface area contributed by atoms with Gasteiger partial charge in [0.1, 0.15) is 23.4 Å². The zero-order chi connectivity index (χ0) is 22.8. The first-order chi connectivity index (χ1) is 16.7. The van der Waals surface area contributed by atoms with E-state index in [-0.39, 0.29) is 30.4 Å². The quantitative estimate of drug-likeness (QED) is 0.634. The molecular weight excluding hydrogens is 439 g/mol. The monoisotopic (exact) mass is 464 g/mol. The van der Waals surface area contributed by atoms with Crippen molar-refractivity contribution < 1.29 is 18.7 Å². The number of fused-ring (bicyclic) bond motifs is 3. The number of hydrogen-bond donors (Lipinski definition) is 1. The second-order valence-corrected chi connectivity index (χ2v) is 9.34. The molecule has 1 N–H and O–H groups in total. The lowest BCUT2D eigenvalue weighted by Crippen LogP contribution is -2.54. The van der Waals surface area contributed by atoms with Gasteiger partial charge in [-0.25, -0.2) is 14.4 Å². The van der Waals surface area contributed by atoms with Crippen molar-refractivity contribution >= 4 is 23.1 Å². The minimum atomic E-state index is -0.267. The van der Waals surface area contributed by atoms with Gasteiger partial charge in [0.2, 0.25) is 5.95 Å². The van der Waals surface area contributed by atoms with Gasteiger partial charge in [0.15, 0.2) is 5.69 Å². The molecule has 4 aliphatic rings. The average Bonchev–Trinajstić information content (AvgIpc) is 3.40. The molecule has 1 amide bonds. The summed E-state index contributed by atoms with van der Waals surface area (Å²) in [6, 6.07) is 3.48. The van der Waals surface area contributed by atoms with Crippen LogP contribution in [-0.2, 0) is 17.7 Å². The van der Waals surface area contributed by atoms with Gasteiger partial charge in [-0.05, 0) is 25.0 Å². The molecule has 1 saturated heterocycles. The number of aromatic nitrogens is 3. The number of carbonyl (C=O) groups excluding carboxylic acids is 1. The molecule has 1 aliphatic carbocycles. The number of benzene rings is 1. The largest absolute Gasteiger partial charge is 0.493 e. The van der Waals surface area contributed by atoms with Crippen LogP contribution in [0.1, 0.15) is 34.5 Å². The van der Waals surface area contributed by atoms with Crippen LogP contribution in [0.2, 0.25) is 0 Å². The fourth-order valence-corrected chi connectivity index (χ4v) is 5.44. The van der Waals surface area contributed by atoms with Crippen molar-refractivity contribution in [2.24, 2.45) is 0 Å². The first-order valence-electron chi connectivity index (χ1n) is 11.9. The molecule has 176 valence electrons. The molecule has 1 saturated carbocycles. The zero-order valence-corrected chi connectivity index (χ0v) is 18.7. The minimum absolute atomic E-state index is 0.0438. The minimum Gasteiger partial charge on any atom is -0.493 e. The van der Waals surface area contributed by atoms with Crippen LogP contribution in [-0.4, -0.2) is 70.2 Å². The maximum absolute atomic E-state index is 14.6. The number of nitrogens with one attached hydrogen (secondary N) is 1. The molecule has 3 aromatic rings. The van der Waals surface area contributed by atoms with Gasteiger partial charge >= 0.3 is 0 Å². The van der Waals surface area contributed by atoms with Crippen molar-refractivity contribution in [3.8, 4) is 5.75 Å². The maximum Gasteiger partial charge on any atom is 0.275 e. The van der Waals surface area contributed by atoms with E-state index in [1.807, 2.05) is 9.30 Å². The molecule has 0 radical (unpaired) electrons. The number of carbonyl (C=O) groups is 1. The molecule has 34 heavy (non-hydrogen) atoms. The first-order valence-corrected chi connectivity index (χ1v) is 11.9. The third kappa shape index (κ3) is 3.04. The lowest BCUT2D eigenvalue weighted by Gasteiger charge is -2.41. The van der Waals surface area contributed by atoms with Crippen molar-refractivity contribution in [2.45, 2.75) is 37.9 Å². The molecule has 0 spiro atoms. The van der Waals surface area contributed by atoms with Gasteiger partial charge in [0.25, 0.3) is 5.91 Å². The average molecular weight is 465 g/mol. The van der Waals surface area contributed by atoms with Crippen LogP contribution < -0.4 is 15.0 Å². The van der Waals surface area contributed by atoms with Gasteiger partial charge in [-0.3, -0.25) is 9.20 Å². The summed E-state index contributed by atoms with van der Waals surface area (Å²) in [5, 5.41) is 3.28. The summed E-state index contributed by atoms with van der Waals surface area (Å²) in [6.45, 7) is 3.39. The van der Waals surface area contributed by atoms with Gasteiger partial charge in [0, 0.05) is 43.2 Å². The number of rotatable bonds is 4. The van der Waals surface area contributed by atoms with Crippen LogP contribution in [0.15, 0.2) is 24.7 Å². The molecule has 0 bridgehead atoms. The van der Waals surface area contributed by atoms with Crippen molar-refractivity contribution in [3.05, 3.63) is 47.3 Å². The Morgan fingerprint density at radius 1 is 1.15 bits per heavy atom. The van der Waals surface area contributed by atoms with E-state index in [4.69, 9.17) is 9.47 Å². The molecular formula is C24H25FN6O3. The van der Waals surface area contributed by atoms with E-state index in [1.54, 1.807) is 18.6 Å². The fraction of sp³-hybridized carbons (Fsp3) is 0.458. The molecule has 3 aliphatic heterocycles. The normalized spacial score (nSPS) is 21.7. The number of hydrogen-bond acceptors (Lipinski definition) is 7. The van der Waals surface area contributed by atoms with E-state index in [2.05, 4.69) is 20.2 Å². The molecule has 10 heteroatoms. The Kier molecular flexibility index (Phi) is 4.45. The lowest BCUT2D eigenvalue weighted by molar-refractivity contribution is 0.0589. The first kappa shape index (κ1) is 20.0. The lowest BCUT2D eigenvalue weighted by atomic mass is 10.0. The summed E-state index contributed by atoms with van der Waals surface area (Å²) >= 11 is 0. The Morgan fingerprint density at radius 3 is 2.94 bits per heavy atom. The van der Waals surface area contributed by atoms with E-state index in [9.17, 15) is 9.18 Å². The summed E-state index contributed by atoms with van der Waals surface area (Å²) in [6.07, 6.45) is 6.19. The molecule has 1 atom stereocenters. The molecule has 1 aromatic carbocycles. The predicted octanol–water partition coefficient (Wildman–Crippen LogP) is 2.24. The number of anilines is 2. The summed E-state index contributed by atoms with van der Waals surface area (Å²) in [5.41, 5.74) is 3.54. The Balaban J connectivity index is 1.30. The Hall–Kier alpha value is -3.40. The summed E-state index contributed by atoms with van der Waals surface area (Å²) < 4.78 is 27.8. The summed E-state index contributed by atoms with van der Waals surface area (Å²) in [4.78, 5) is 27.0. The van der Waals surface area contributed by atoms with Gasteiger partial charge in [-0.2, -0.15) is 0 Å². The maximum atomic E-state index is 14.6. The highest BCUT2D eigenvalue weighted by molar-refractivity contribution is 6.03. The third-order valence-corrected chi connectivity index (χ3v) is 7.31. The fourth-order valence-electron chi connectivity index (χ4n) is 5.44. The molecule has 9 nitrogen and oxygen atoms in total. The SMILES string of the molecule is O=C1c2ncn3c(NCc4c(F)ccc5c4CCO5)ncc(c23)N2CCOC[C@@H]2CN1C1CC1. The van der Waals surface area contributed by atoms with Crippen LogP contribution in [0.5, 0.6) is 5.75 Å². The molecule has 0 unspecified atom stereocenters. The Bertz CT molecular complexity index is 1310. The van der Waals surface area contributed by atoms with E-state index >= 15 is 0 Å². The zero-order valence-electron chi connectivity index (χ0n) is 18.7. The van der Waals surface area contributed by atoms with Crippen LogP contribution in [0, 0.1) is 5.82 Å². The van der Waals surface area contributed by atoms with E-state index < -0.39 is 0 Å². The van der Waals surface area contributed by atoms with Crippen LogP contribution in [0.4, 0.5) is 16.0 Å². The number of amides is 1. The van der Waals surface area contributed by atoms with Gasteiger partial charge < -0.3 is 24.6 Å². The van der Waals surface area contributed by atoms with Crippen molar-refractivity contribution in [2.75, 3.05) is 43.1 Å². The number of morpholine rings is 1. The Labute approximate surface area is 195 Å². The summed E-state index contributed by atoms with van der Waals surface area (Å²) in [5.74, 6) is 0.946. The Morgan fingerprint density at radius 2 is 2.06 bits per heavy atom. The molecule has 5 heterocycles. The standard InChI is InChI=1S/C24H25FN6O3/c25-18-3-4-20-16(5-7-34-20)17(18)9-26-24-27-10-19-22-21(28-13-31(22)24)23(32)30(14-1-2-14)11-15-12-33-8-6-29(15)19/h3-4,10,13-15H,1-2,5-9,11-12H2,(H,26,27)/t15-/m0/s1. The van der Waals surface area contributed by atoms with Crippen LogP contribution in [0.25, 0.3) is 5.52 Å². The smallest absolute Gasteiger partial charge is 0.275 e. The molecule has 7 rings (SSSR count). The number of halogens is 1. The summed E-state index contributed by atoms with van der Waals surface area (Å²) in [7, 11) is 0. The number of ether oxygens (including phenoxy) is 2. The predicted molar refractivity (Wildman–Crippen MR) is 122 cm³/mol. The molecule has 2 fully saturated rings. The number of nitrogens with zero attached hydrogens (tertiary/aromatic N) is 5. The van der Waals surface area contributed by atoms with Crippen molar-refractivity contribution in [1.29, 1.82) is 0 Å². The van der Waals surface area contributed by atoms with Crippen molar-refractivity contribution in [1.82, 2.24) is 19.3 Å². The highest BCUT2D eigenvalue weighted by Crippen LogP contribution is 2.36. The van der Waals surface area contributed by atoms with Gasteiger partial charge in [-0.15, -0.1) is 0 Å². The second kappa shape index (κ2) is 7.56. The topological polar surface area (TPSA) is 84.2 Å². The highest BCUT2D eigenvalue weighted by atomic mass is 19.1. The highest BCUT2D eigenvalue weighted by Gasteiger charge is 2.40. The van der Waals surface area contributed by atoms with Crippen LogP contribution in [0.3, 0.4) is 0 Å². The van der Waals surface area contributed by atoms with E-state index in [0.717, 1.165) is 41.9 Å². The van der Waals surface area contributed by atoms with E-state index in [1.165, 1.54) is 6.07 Å². The number of imidazole rings is 1. The molecule has 2 aromatic heterocycles. The van der Waals surface area contributed by atoms with Gasteiger partial charge in [0.05, 0.1) is 37.7 Å². The van der Waals surface area contributed by atoms with Crippen LogP contribution >= 0.6 is 0 Å². The second-order valence-electron chi connectivity index (χ2n) is 9.34. The third-order valence-electron chi connectivity index (χ3n) is 7.31. The van der Waals surface area contributed by atoms with Crippen molar-refractivity contribution in [3.63, 3.8) is 0 Å². The van der Waals surface area contributed by atoms with Gasteiger partial charge in [-0.1, -0.05) is 0 Å².